The topological polar surface area (TPSA) is 50.2 Å². The lowest BCUT2D eigenvalue weighted by atomic mass is 9.96. The van der Waals surface area contributed by atoms with Gasteiger partial charge in [0, 0.05) is 23.2 Å². The summed E-state index contributed by atoms with van der Waals surface area (Å²) in [6, 6.07) is 21.3. The van der Waals surface area contributed by atoms with Crippen LogP contribution in [0.2, 0.25) is 15.1 Å². The Kier molecular flexibility index (Phi) is 7.30. The molecule has 1 aliphatic rings. The van der Waals surface area contributed by atoms with E-state index >= 15 is 0 Å². The van der Waals surface area contributed by atoms with Gasteiger partial charge >= 0.3 is 0 Å². The summed E-state index contributed by atoms with van der Waals surface area (Å²) in [5.41, 5.74) is 3.96. The highest BCUT2D eigenvalue weighted by Crippen LogP contribution is 2.27. The van der Waals surface area contributed by atoms with Crippen LogP contribution in [0.5, 0.6) is 0 Å². The van der Waals surface area contributed by atoms with Crippen LogP contribution >= 0.6 is 34.8 Å². The van der Waals surface area contributed by atoms with E-state index in [0.29, 0.717) is 15.7 Å². The number of imidazole rings is 1. The van der Waals surface area contributed by atoms with Gasteiger partial charge in [0.05, 0.1) is 27.6 Å². The SMILES string of the molecule is O=C(Nc1ccc(Cl)c(Cl)c1)C1CCN(Cc2nc3ccccc3n2Cc2ccc(Cl)cc2)CC1. The molecule has 0 radical (unpaired) electrons. The molecule has 3 aromatic carbocycles. The maximum absolute atomic E-state index is 12.8. The number of fused-ring (bicyclic) bond motifs is 1. The van der Waals surface area contributed by atoms with Crippen LogP contribution in [-0.4, -0.2) is 33.4 Å². The van der Waals surface area contributed by atoms with Crippen LogP contribution in [0.15, 0.2) is 66.7 Å². The van der Waals surface area contributed by atoms with Crippen molar-refractivity contribution in [1.82, 2.24) is 14.5 Å². The highest BCUT2D eigenvalue weighted by molar-refractivity contribution is 6.42. The summed E-state index contributed by atoms with van der Waals surface area (Å²) < 4.78 is 2.28. The number of anilines is 1. The summed E-state index contributed by atoms with van der Waals surface area (Å²) in [6.07, 6.45) is 1.59. The molecule has 2 heterocycles. The number of para-hydroxylation sites is 2. The van der Waals surface area contributed by atoms with Gasteiger partial charge in [-0.1, -0.05) is 59.1 Å². The first-order valence-electron chi connectivity index (χ1n) is 11.6. The maximum atomic E-state index is 12.8. The monoisotopic (exact) mass is 526 g/mol. The minimum Gasteiger partial charge on any atom is -0.326 e. The minimum atomic E-state index is -0.0337. The first-order chi connectivity index (χ1) is 17.0. The molecule has 5 rings (SSSR count). The predicted octanol–water partition coefficient (Wildman–Crippen LogP) is 6.90. The fourth-order valence-electron chi connectivity index (χ4n) is 4.57. The van der Waals surface area contributed by atoms with Gasteiger partial charge in [-0.3, -0.25) is 9.69 Å². The molecule has 1 fully saturated rings. The highest BCUT2D eigenvalue weighted by atomic mass is 35.5. The molecule has 0 spiro atoms. The smallest absolute Gasteiger partial charge is 0.227 e. The van der Waals surface area contributed by atoms with Gasteiger partial charge in [-0.25, -0.2) is 4.98 Å². The lowest BCUT2D eigenvalue weighted by Crippen LogP contribution is -2.38. The number of nitrogens with one attached hydrogen (secondary N) is 1. The van der Waals surface area contributed by atoms with E-state index in [2.05, 4.69) is 39.0 Å². The van der Waals surface area contributed by atoms with Crippen molar-refractivity contribution in [3.8, 4) is 0 Å². The minimum absolute atomic E-state index is 0.0259. The van der Waals surface area contributed by atoms with E-state index in [1.54, 1.807) is 18.2 Å². The lowest BCUT2D eigenvalue weighted by Gasteiger charge is -2.31. The molecule has 0 unspecified atom stereocenters. The van der Waals surface area contributed by atoms with Crippen LogP contribution in [0.4, 0.5) is 5.69 Å². The fraction of sp³-hybridized carbons (Fsp3) is 0.259. The number of rotatable bonds is 6. The van der Waals surface area contributed by atoms with Gasteiger partial charge in [0.15, 0.2) is 0 Å². The second-order valence-corrected chi connectivity index (χ2v) is 10.1. The van der Waals surface area contributed by atoms with Crippen LogP contribution in [-0.2, 0) is 17.9 Å². The van der Waals surface area contributed by atoms with Crippen LogP contribution < -0.4 is 5.32 Å². The van der Waals surface area contributed by atoms with Gasteiger partial charge in [0.1, 0.15) is 5.82 Å². The van der Waals surface area contributed by atoms with Crippen molar-refractivity contribution in [2.75, 3.05) is 18.4 Å². The summed E-state index contributed by atoms with van der Waals surface area (Å²) in [7, 11) is 0. The summed E-state index contributed by atoms with van der Waals surface area (Å²) in [5.74, 6) is 1.02. The average Bonchev–Trinajstić information content (AvgIpc) is 3.20. The van der Waals surface area contributed by atoms with E-state index in [9.17, 15) is 4.79 Å². The number of piperidine rings is 1. The normalized spacial score (nSPS) is 14.9. The molecule has 4 aromatic rings. The third kappa shape index (κ3) is 5.65. The number of hydrogen-bond donors (Lipinski definition) is 1. The van der Waals surface area contributed by atoms with Crippen molar-refractivity contribution in [1.29, 1.82) is 0 Å². The number of halogens is 3. The Morgan fingerprint density at radius 1 is 0.914 bits per heavy atom. The Morgan fingerprint density at radius 2 is 1.66 bits per heavy atom. The third-order valence-corrected chi connectivity index (χ3v) is 7.49. The van der Waals surface area contributed by atoms with Crippen molar-refractivity contribution in [3.63, 3.8) is 0 Å². The summed E-state index contributed by atoms with van der Waals surface area (Å²) in [5, 5.41) is 4.61. The fourth-order valence-corrected chi connectivity index (χ4v) is 4.99. The van der Waals surface area contributed by atoms with E-state index in [0.717, 1.165) is 60.9 Å². The van der Waals surface area contributed by atoms with Crippen LogP contribution in [0.3, 0.4) is 0 Å². The largest absolute Gasteiger partial charge is 0.326 e. The zero-order valence-corrected chi connectivity index (χ0v) is 21.3. The molecule has 35 heavy (non-hydrogen) atoms. The molecule has 0 bridgehead atoms. The number of aromatic nitrogens is 2. The summed E-state index contributed by atoms with van der Waals surface area (Å²) in [4.78, 5) is 20.1. The Morgan fingerprint density at radius 3 is 2.40 bits per heavy atom. The van der Waals surface area contributed by atoms with Gasteiger partial charge in [-0.2, -0.15) is 0 Å². The van der Waals surface area contributed by atoms with Gasteiger partial charge in [-0.15, -0.1) is 0 Å². The van der Waals surface area contributed by atoms with E-state index in [-0.39, 0.29) is 11.8 Å². The number of hydrogen-bond acceptors (Lipinski definition) is 3. The lowest BCUT2D eigenvalue weighted by molar-refractivity contribution is -0.121. The first kappa shape index (κ1) is 24.1. The van der Waals surface area contributed by atoms with Crippen molar-refractivity contribution >= 4 is 57.4 Å². The van der Waals surface area contributed by atoms with Crippen LogP contribution in [0.25, 0.3) is 11.0 Å². The molecule has 8 heteroatoms. The molecular weight excluding hydrogens is 503 g/mol. The molecule has 1 aromatic heterocycles. The third-order valence-electron chi connectivity index (χ3n) is 6.50. The molecule has 0 aliphatic carbocycles. The van der Waals surface area contributed by atoms with Crippen molar-refractivity contribution in [2.24, 2.45) is 5.92 Å². The zero-order chi connectivity index (χ0) is 24.4. The Bertz CT molecular complexity index is 1340. The molecule has 0 saturated carbocycles. The van der Waals surface area contributed by atoms with Gasteiger partial charge in [-0.05, 0) is 74.0 Å². The predicted molar refractivity (Wildman–Crippen MR) is 143 cm³/mol. The quantitative estimate of drug-likeness (QED) is 0.297. The molecule has 5 nitrogen and oxygen atoms in total. The number of nitrogens with zero attached hydrogens (tertiary/aromatic N) is 3. The molecule has 1 N–H and O–H groups in total. The zero-order valence-electron chi connectivity index (χ0n) is 19.1. The molecule has 1 aliphatic heterocycles. The molecule has 180 valence electrons. The Labute approximate surface area is 219 Å². The van der Waals surface area contributed by atoms with Crippen molar-refractivity contribution < 1.29 is 4.79 Å². The van der Waals surface area contributed by atoms with Gasteiger partial charge < -0.3 is 9.88 Å². The second-order valence-electron chi connectivity index (χ2n) is 8.90. The summed E-state index contributed by atoms with van der Waals surface area (Å²) >= 11 is 18.1. The van der Waals surface area contributed by atoms with E-state index in [1.165, 1.54) is 5.56 Å². The standard InChI is InChI=1S/C27H25Cl3N4O/c28-20-7-5-18(6-8-20)16-34-25-4-2-1-3-24(25)32-26(34)17-33-13-11-19(12-14-33)27(35)31-21-9-10-22(29)23(30)15-21/h1-10,15,19H,11-14,16-17H2,(H,31,35). The average molecular weight is 528 g/mol. The number of amides is 1. The van der Waals surface area contributed by atoms with Crippen LogP contribution in [0, 0.1) is 5.92 Å². The number of benzene rings is 3. The molecule has 1 saturated heterocycles. The van der Waals surface area contributed by atoms with Gasteiger partial charge in [0.2, 0.25) is 5.91 Å². The first-order valence-corrected chi connectivity index (χ1v) is 12.8. The van der Waals surface area contributed by atoms with Crippen molar-refractivity contribution in [3.05, 3.63) is 93.2 Å². The van der Waals surface area contributed by atoms with Crippen LogP contribution in [0.1, 0.15) is 24.2 Å². The van der Waals surface area contributed by atoms with E-state index in [4.69, 9.17) is 39.8 Å². The Hall–Kier alpha value is -2.57. The summed E-state index contributed by atoms with van der Waals surface area (Å²) in [6.45, 7) is 3.15. The maximum Gasteiger partial charge on any atom is 0.227 e. The number of likely N-dealkylation sites (tertiary alicyclic amines) is 1. The number of carbonyl (C=O) groups is 1. The van der Waals surface area contributed by atoms with E-state index < -0.39 is 0 Å². The Balaban J connectivity index is 1.25. The molecule has 0 atom stereocenters. The van der Waals surface area contributed by atoms with Crippen molar-refractivity contribution in [2.45, 2.75) is 25.9 Å². The molecular formula is C27H25Cl3N4O. The van der Waals surface area contributed by atoms with Gasteiger partial charge in [0.25, 0.3) is 0 Å². The molecule has 1 amide bonds. The highest BCUT2D eigenvalue weighted by Gasteiger charge is 2.26. The number of carbonyl (C=O) groups excluding carboxylic acids is 1. The second kappa shape index (κ2) is 10.6. The van der Waals surface area contributed by atoms with E-state index in [1.807, 2.05) is 24.3 Å².